The van der Waals surface area contributed by atoms with Crippen LogP contribution in [0.4, 0.5) is 5.82 Å². The maximum atomic E-state index is 6.30. The molecule has 1 aromatic heterocycles. The van der Waals surface area contributed by atoms with E-state index < -0.39 is 0 Å². The normalized spacial score (nSPS) is 10.6. The minimum absolute atomic E-state index is 0.561. The SMILES string of the molecule is COc1c(C)ccc(-c2cc(N)n(C)n2)c1Cl. The first-order valence-corrected chi connectivity index (χ1v) is 5.55. The summed E-state index contributed by atoms with van der Waals surface area (Å²) in [6.07, 6.45) is 0. The molecule has 2 aromatic rings. The van der Waals surface area contributed by atoms with E-state index in [4.69, 9.17) is 22.1 Å². The lowest BCUT2D eigenvalue weighted by molar-refractivity contribution is 0.412. The number of hydrogen-bond acceptors (Lipinski definition) is 3. The quantitative estimate of drug-likeness (QED) is 0.893. The summed E-state index contributed by atoms with van der Waals surface area (Å²) in [6.45, 7) is 1.95. The Morgan fingerprint density at radius 1 is 1.41 bits per heavy atom. The van der Waals surface area contributed by atoms with Crippen LogP contribution in [0.3, 0.4) is 0 Å². The van der Waals surface area contributed by atoms with Crippen molar-refractivity contribution in [2.75, 3.05) is 12.8 Å². The second-order valence-electron chi connectivity index (χ2n) is 3.86. The summed E-state index contributed by atoms with van der Waals surface area (Å²) < 4.78 is 6.89. The molecule has 0 saturated heterocycles. The fourth-order valence-electron chi connectivity index (χ4n) is 1.71. The minimum atomic E-state index is 0.561. The molecule has 90 valence electrons. The van der Waals surface area contributed by atoms with Crippen LogP contribution in [-0.2, 0) is 7.05 Å². The van der Waals surface area contributed by atoms with E-state index in [0.717, 1.165) is 16.8 Å². The van der Waals surface area contributed by atoms with Gasteiger partial charge in [-0.1, -0.05) is 23.7 Å². The van der Waals surface area contributed by atoms with Gasteiger partial charge in [0.25, 0.3) is 0 Å². The van der Waals surface area contributed by atoms with E-state index in [9.17, 15) is 0 Å². The number of anilines is 1. The van der Waals surface area contributed by atoms with Crippen LogP contribution in [0.25, 0.3) is 11.3 Å². The van der Waals surface area contributed by atoms with Gasteiger partial charge >= 0.3 is 0 Å². The molecule has 0 radical (unpaired) electrons. The Bertz CT molecular complexity index is 544. The van der Waals surface area contributed by atoms with Crippen LogP contribution < -0.4 is 10.5 Å². The van der Waals surface area contributed by atoms with Gasteiger partial charge in [0.15, 0.2) is 0 Å². The molecule has 0 spiro atoms. The highest BCUT2D eigenvalue weighted by molar-refractivity contribution is 6.34. The van der Waals surface area contributed by atoms with Crippen LogP contribution in [0.2, 0.25) is 5.02 Å². The van der Waals surface area contributed by atoms with Gasteiger partial charge in [-0.05, 0) is 12.5 Å². The van der Waals surface area contributed by atoms with E-state index in [1.54, 1.807) is 24.9 Å². The highest BCUT2D eigenvalue weighted by Gasteiger charge is 2.14. The van der Waals surface area contributed by atoms with E-state index in [-0.39, 0.29) is 0 Å². The van der Waals surface area contributed by atoms with E-state index in [2.05, 4.69) is 5.10 Å². The molecular weight excluding hydrogens is 238 g/mol. The Kier molecular flexibility index (Phi) is 2.98. The van der Waals surface area contributed by atoms with Gasteiger partial charge < -0.3 is 10.5 Å². The monoisotopic (exact) mass is 251 g/mol. The molecule has 0 fully saturated rings. The lowest BCUT2D eigenvalue weighted by atomic mass is 10.1. The van der Waals surface area contributed by atoms with Crippen LogP contribution in [-0.4, -0.2) is 16.9 Å². The Hall–Kier alpha value is -1.68. The molecule has 4 nitrogen and oxygen atoms in total. The number of nitrogens with two attached hydrogens (primary N) is 1. The van der Waals surface area contributed by atoms with Crippen LogP contribution in [0.5, 0.6) is 5.75 Å². The molecule has 0 unspecified atom stereocenters. The topological polar surface area (TPSA) is 53.1 Å². The Morgan fingerprint density at radius 2 is 2.12 bits per heavy atom. The fraction of sp³-hybridized carbons (Fsp3) is 0.250. The summed E-state index contributed by atoms with van der Waals surface area (Å²) in [5, 5.41) is 4.86. The smallest absolute Gasteiger partial charge is 0.141 e. The van der Waals surface area contributed by atoms with Crippen molar-refractivity contribution >= 4 is 17.4 Å². The number of methoxy groups -OCH3 is 1. The molecule has 1 heterocycles. The summed E-state index contributed by atoms with van der Waals surface area (Å²) >= 11 is 6.30. The van der Waals surface area contributed by atoms with Gasteiger partial charge in [0.05, 0.1) is 17.8 Å². The van der Waals surface area contributed by atoms with Gasteiger partial charge in [0, 0.05) is 18.7 Å². The average molecular weight is 252 g/mol. The molecular formula is C12H14ClN3O. The van der Waals surface area contributed by atoms with Crippen LogP contribution >= 0.6 is 11.6 Å². The predicted molar refractivity (Wildman–Crippen MR) is 69.4 cm³/mol. The van der Waals surface area contributed by atoms with Gasteiger partial charge in [-0.15, -0.1) is 0 Å². The number of benzene rings is 1. The lowest BCUT2D eigenvalue weighted by Gasteiger charge is -2.09. The van der Waals surface area contributed by atoms with Gasteiger partial charge in [-0.3, -0.25) is 4.68 Å². The molecule has 0 amide bonds. The number of nitrogens with zero attached hydrogens (tertiary/aromatic N) is 2. The highest BCUT2D eigenvalue weighted by Crippen LogP contribution is 2.37. The number of nitrogen functional groups attached to an aromatic ring is 1. The predicted octanol–water partition coefficient (Wildman–Crippen LogP) is 2.64. The van der Waals surface area contributed by atoms with Crippen LogP contribution in [0.1, 0.15) is 5.56 Å². The highest BCUT2D eigenvalue weighted by atomic mass is 35.5. The van der Waals surface area contributed by atoms with E-state index in [1.807, 2.05) is 19.1 Å². The van der Waals surface area contributed by atoms with Crippen LogP contribution in [0.15, 0.2) is 18.2 Å². The van der Waals surface area contributed by atoms with E-state index in [0.29, 0.717) is 16.6 Å². The Morgan fingerprint density at radius 3 is 2.65 bits per heavy atom. The molecule has 17 heavy (non-hydrogen) atoms. The third-order valence-corrected chi connectivity index (χ3v) is 3.07. The van der Waals surface area contributed by atoms with E-state index in [1.165, 1.54) is 0 Å². The van der Waals surface area contributed by atoms with Crippen molar-refractivity contribution in [3.63, 3.8) is 0 Å². The van der Waals surface area contributed by atoms with Crippen molar-refractivity contribution in [3.8, 4) is 17.0 Å². The number of hydrogen-bond donors (Lipinski definition) is 1. The zero-order valence-corrected chi connectivity index (χ0v) is 10.7. The Balaban J connectivity index is 2.60. The van der Waals surface area contributed by atoms with Crippen molar-refractivity contribution in [1.82, 2.24) is 9.78 Å². The number of rotatable bonds is 2. The summed E-state index contributed by atoms with van der Waals surface area (Å²) in [5.41, 5.74) is 8.31. The summed E-state index contributed by atoms with van der Waals surface area (Å²) in [6, 6.07) is 5.66. The van der Waals surface area contributed by atoms with E-state index >= 15 is 0 Å². The van der Waals surface area contributed by atoms with Crippen LogP contribution in [0, 0.1) is 6.92 Å². The molecule has 0 aliphatic carbocycles. The number of aryl methyl sites for hydroxylation is 2. The lowest BCUT2D eigenvalue weighted by Crippen LogP contribution is -1.96. The van der Waals surface area contributed by atoms with Crippen molar-refractivity contribution in [3.05, 3.63) is 28.8 Å². The zero-order valence-electron chi connectivity index (χ0n) is 9.99. The number of aromatic nitrogens is 2. The maximum absolute atomic E-state index is 6.30. The first kappa shape index (κ1) is 11.8. The van der Waals surface area contributed by atoms with Crippen molar-refractivity contribution < 1.29 is 4.74 Å². The number of halogens is 1. The molecule has 0 aliphatic heterocycles. The second-order valence-corrected chi connectivity index (χ2v) is 4.23. The zero-order chi connectivity index (χ0) is 12.6. The molecule has 0 bridgehead atoms. The fourth-order valence-corrected chi connectivity index (χ4v) is 2.10. The summed E-state index contributed by atoms with van der Waals surface area (Å²) in [7, 11) is 3.39. The van der Waals surface area contributed by atoms with Gasteiger partial charge in [-0.2, -0.15) is 5.10 Å². The standard InChI is InChI=1S/C12H14ClN3O/c1-7-4-5-8(11(13)12(7)17-3)9-6-10(14)16(2)15-9/h4-6H,14H2,1-3H3. The van der Waals surface area contributed by atoms with Crippen molar-refractivity contribution in [2.24, 2.45) is 7.05 Å². The molecule has 0 aliphatic rings. The number of ether oxygens (including phenoxy) is 1. The molecule has 1 aromatic carbocycles. The van der Waals surface area contributed by atoms with Gasteiger partial charge in [0.1, 0.15) is 11.6 Å². The largest absolute Gasteiger partial charge is 0.495 e. The summed E-state index contributed by atoms with van der Waals surface area (Å²) in [5.74, 6) is 1.27. The third-order valence-electron chi connectivity index (χ3n) is 2.69. The average Bonchev–Trinajstić information content (AvgIpc) is 2.59. The second kappa shape index (κ2) is 4.30. The Labute approximate surface area is 105 Å². The maximum Gasteiger partial charge on any atom is 0.141 e. The molecule has 5 heteroatoms. The van der Waals surface area contributed by atoms with Gasteiger partial charge in [-0.25, -0.2) is 0 Å². The van der Waals surface area contributed by atoms with Gasteiger partial charge in [0.2, 0.25) is 0 Å². The van der Waals surface area contributed by atoms with Crippen molar-refractivity contribution in [1.29, 1.82) is 0 Å². The summed E-state index contributed by atoms with van der Waals surface area (Å²) in [4.78, 5) is 0. The molecule has 0 saturated carbocycles. The van der Waals surface area contributed by atoms with Crippen molar-refractivity contribution in [2.45, 2.75) is 6.92 Å². The first-order chi connectivity index (χ1) is 8.04. The molecule has 0 atom stereocenters. The third kappa shape index (κ3) is 1.96. The molecule has 2 N–H and O–H groups in total. The molecule has 2 rings (SSSR count). The minimum Gasteiger partial charge on any atom is -0.495 e. The first-order valence-electron chi connectivity index (χ1n) is 5.17.